The smallest absolute Gasteiger partial charge is 0.226 e. The van der Waals surface area contributed by atoms with Gasteiger partial charge in [-0.3, -0.25) is 4.79 Å². The van der Waals surface area contributed by atoms with Crippen LogP contribution in [0.5, 0.6) is 5.75 Å². The Morgan fingerprint density at radius 3 is 2.56 bits per heavy atom. The van der Waals surface area contributed by atoms with Gasteiger partial charge in [0.2, 0.25) is 5.91 Å². The third-order valence-electron chi connectivity index (χ3n) is 7.11. The lowest BCUT2D eigenvalue weighted by molar-refractivity contribution is -0.126. The minimum Gasteiger partial charge on any atom is -0.497 e. The molecule has 2 heterocycles. The van der Waals surface area contributed by atoms with Crippen molar-refractivity contribution in [2.24, 2.45) is 5.92 Å². The largest absolute Gasteiger partial charge is 0.497 e. The van der Waals surface area contributed by atoms with Crippen LogP contribution in [0.1, 0.15) is 24.1 Å². The first kappa shape index (κ1) is 22.3. The van der Waals surface area contributed by atoms with Crippen LogP contribution in [0.2, 0.25) is 0 Å². The fourth-order valence-corrected chi connectivity index (χ4v) is 5.24. The third kappa shape index (κ3) is 4.32. The van der Waals surface area contributed by atoms with E-state index in [0.29, 0.717) is 13.0 Å². The van der Waals surface area contributed by atoms with Crippen molar-refractivity contribution in [2.75, 3.05) is 36.5 Å². The summed E-state index contributed by atoms with van der Waals surface area (Å²) >= 11 is 0. The molecule has 6 heteroatoms. The predicted molar refractivity (Wildman–Crippen MR) is 133 cm³/mol. The van der Waals surface area contributed by atoms with E-state index in [4.69, 9.17) is 4.74 Å². The molecule has 0 aliphatic carbocycles. The van der Waals surface area contributed by atoms with E-state index >= 15 is 0 Å². The molecule has 0 bridgehead atoms. The lowest BCUT2D eigenvalue weighted by Gasteiger charge is -2.49. The van der Waals surface area contributed by atoms with Crippen LogP contribution in [0.4, 0.5) is 15.8 Å². The Kier molecular flexibility index (Phi) is 6.14. The summed E-state index contributed by atoms with van der Waals surface area (Å²) in [6.45, 7) is 4.30. The topological polar surface area (TPSA) is 44.8 Å². The second-order valence-corrected chi connectivity index (χ2v) is 9.13. The van der Waals surface area contributed by atoms with Crippen LogP contribution in [0.3, 0.4) is 0 Å². The number of fused-ring (bicyclic) bond motifs is 3. The Morgan fingerprint density at radius 1 is 1.06 bits per heavy atom. The molecule has 2 aliphatic rings. The molecule has 0 aromatic heterocycles. The van der Waals surface area contributed by atoms with Gasteiger partial charge in [-0.15, -0.1) is 0 Å². The van der Waals surface area contributed by atoms with Crippen molar-refractivity contribution in [1.82, 2.24) is 5.32 Å². The van der Waals surface area contributed by atoms with Crippen molar-refractivity contribution in [3.8, 4) is 5.75 Å². The maximum absolute atomic E-state index is 13.6. The molecule has 176 valence electrons. The van der Waals surface area contributed by atoms with Gasteiger partial charge in [0, 0.05) is 37.1 Å². The zero-order valence-corrected chi connectivity index (χ0v) is 19.6. The highest BCUT2D eigenvalue weighted by Crippen LogP contribution is 2.39. The number of amides is 1. The molecule has 3 unspecified atom stereocenters. The molecule has 5 rings (SSSR count). The van der Waals surface area contributed by atoms with Crippen molar-refractivity contribution in [3.63, 3.8) is 0 Å². The second kappa shape index (κ2) is 9.37. The zero-order valence-electron chi connectivity index (χ0n) is 19.6. The second-order valence-electron chi connectivity index (χ2n) is 9.13. The molecule has 1 N–H and O–H groups in total. The number of anilines is 2. The van der Waals surface area contributed by atoms with E-state index in [1.807, 2.05) is 55.5 Å². The lowest BCUT2D eigenvalue weighted by atomic mass is 9.83. The highest BCUT2D eigenvalue weighted by molar-refractivity contribution is 5.83. The first-order chi connectivity index (χ1) is 16.5. The highest BCUT2D eigenvalue weighted by Gasteiger charge is 2.42. The molecule has 3 atom stereocenters. The van der Waals surface area contributed by atoms with E-state index < -0.39 is 0 Å². The van der Waals surface area contributed by atoms with Gasteiger partial charge in [-0.05, 0) is 54.8 Å². The minimum absolute atomic E-state index is 0.00128. The molecule has 3 aromatic rings. The minimum atomic E-state index is -0.242. The molecule has 1 amide bonds. The molecule has 0 saturated carbocycles. The van der Waals surface area contributed by atoms with Gasteiger partial charge in [-0.25, -0.2) is 4.39 Å². The number of carbonyl (C=O) groups excluding carboxylic acids is 1. The van der Waals surface area contributed by atoms with Crippen molar-refractivity contribution in [1.29, 1.82) is 0 Å². The van der Waals surface area contributed by atoms with E-state index in [-0.39, 0.29) is 29.7 Å². The number of halogens is 1. The van der Waals surface area contributed by atoms with Crippen molar-refractivity contribution in [2.45, 2.75) is 25.4 Å². The maximum Gasteiger partial charge on any atom is 0.226 e. The predicted octanol–water partition coefficient (Wildman–Crippen LogP) is 4.58. The molecule has 34 heavy (non-hydrogen) atoms. The maximum atomic E-state index is 13.6. The molecule has 1 fully saturated rings. The van der Waals surface area contributed by atoms with Gasteiger partial charge in [0.05, 0.1) is 25.1 Å². The van der Waals surface area contributed by atoms with E-state index in [1.165, 1.54) is 17.7 Å². The van der Waals surface area contributed by atoms with Crippen molar-refractivity contribution >= 4 is 17.3 Å². The number of hydrogen-bond donors (Lipinski definition) is 1. The summed E-state index contributed by atoms with van der Waals surface area (Å²) in [7, 11) is 1.68. The highest BCUT2D eigenvalue weighted by atomic mass is 19.1. The van der Waals surface area contributed by atoms with Crippen LogP contribution in [0.25, 0.3) is 0 Å². The number of rotatable bonds is 5. The van der Waals surface area contributed by atoms with Crippen LogP contribution in [-0.4, -0.2) is 38.7 Å². The van der Waals surface area contributed by atoms with Crippen molar-refractivity contribution in [3.05, 3.63) is 89.7 Å². The van der Waals surface area contributed by atoms with Gasteiger partial charge in [-0.2, -0.15) is 0 Å². The fraction of sp³-hybridized carbons (Fsp3) is 0.321. The molecule has 2 aliphatic heterocycles. The first-order valence-corrected chi connectivity index (χ1v) is 11.8. The van der Waals surface area contributed by atoms with Crippen LogP contribution >= 0.6 is 0 Å². The lowest BCUT2D eigenvalue weighted by Crippen LogP contribution is -2.61. The molecular formula is C28H30FN3O2. The average molecular weight is 460 g/mol. The molecular weight excluding hydrogens is 429 g/mol. The number of ether oxygens (including phenoxy) is 1. The SMILES string of the molecule is COc1ccc2c(c1)N1CCN(c3ccc(F)cc3)CC1C(C(=O)NC(C)c1ccccc1)C2. The van der Waals surface area contributed by atoms with Crippen LogP contribution < -0.4 is 19.9 Å². The summed E-state index contributed by atoms with van der Waals surface area (Å²) in [5.41, 5.74) is 4.38. The molecule has 5 nitrogen and oxygen atoms in total. The van der Waals surface area contributed by atoms with Crippen LogP contribution in [-0.2, 0) is 11.2 Å². The molecule has 0 radical (unpaired) electrons. The number of methoxy groups -OCH3 is 1. The van der Waals surface area contributed by atoms with E-state index in [9.17, 15) is 9.18 Å². The zero-order chi connectivity index (χ0) is 23.7. The molecule has 3 aromatic carbocycles. The van der Waals surface area contributed by atoms with E-state index in [0.717, 1.165) is 35.8 Å². The number of nitrogens with one attached hydrogen (secondary N) is 1. The number of nitrogens with zero attached hydrogens (tertiary/aromatic N) is 2. The summed E-state index contributed by atoms with van der Waals surface area (Å²) in [5.74, 6) is 0.441. The Morgan fingerprint density at radius 2 is 1.82 bits per heavy atom. The number of hydrogen-bond acceptors (Lipinski definition) is 4. The Labute approximate surface area is 200 Å². The summed E-state index contributed by atoms with van der Waals surface area (Å²) < 4.78 is 19.0. The Bertz CT molecular complexity index is 1150. The van der Waals surface area contributed by atoms with Gasteiger partial charge < -0.3 is 19.9 Å². The Balaban J connectivity index is 1.44. The molecule has 0 spiro atoms. The summed E-state index contributed by atoms with van der Waals surface area (Å²) in [5, 5.41) is 3.26. The summed E-state index contributed by atoms with van der Waals surface area (Å²) in [4.78, 5) is 18.2. The first-order valence-electron chi connectivity index (χ1n) is 11.8. The van der Waals surface area contributed by atoms with Gasteiger partial charge in [-0.1, -0.05) is 36.4 Å². The fourth-order valence-electron chi connectivity index (χ4n) is 5.24. The quantitative estimate of drug-likeness (QED) is 0.607. The van der Waals surface area contributed by atoms with Gasteiger partial charge in [0.1, 0.15) is 11.6 Å². The normalized spacial score (nSPS) is 20.2. The number of carbonyl (C=O) groups is 1. The van der Waals surface area contributed by atoms with Gasteiger partial charge >= 0.3 is 0 Å². The van der Waals surface area contributed by atoms with Crippen LogP contribution in [0.15, 0.2) is 72.8 Å². The Hall–Kier alpha value is -3.54. The number of piperazine rings is 1. The van der Waals surface area contributed by atoms with Crippen LogP contribution in [0, 0.1) is 11.7 Å². The van der Waals surface area contributed by atoms with E-state index in [2.05, 4.69) is 27.2 Å². The van der Waals surface area contributed by atoms with Crippen molar-refractivity contribution < 1.29 is 13.9 Å². The average Bonchev–Trinajstić information content (AvgIpc) is 2.88. The number of benzene rings is 3. The van der Waals surface area contributed by atoms with Gasteiger partial charge in [0.15, 0.2) is 0 Å². The standard InChI is InChI=1S/C28H30FN3O2/c1-19(20-6-4-3-5-7-20)30-28(33)25-16-21-8-13-24(34-2)17-26(21)32-15-14-31(18-27(25)32)23-11-9-22(29)10-12-23/h3-13,17,19,25,27H,14-16,18H2,1-2H3,(H,30,33). The van der Waals surface area contributed by atoms with Gasteiger partial charge in [0.25, 0.3) is 0 Å². The monoisotopic (exact) mass is 459 g/mol. The third-order valence-corrected chi connectivity index (χ3v) is 7.11. The summed E-state index contributed by atoms with van der Waals surface area (Å²) in [6, 6.07) is 22.7. The molecule has 1 saturated heterocycles. The van der Waals surface area contributed by atoms with E-state index in [1.54, 1.807) is 7.11 Å². The summed E-state index contributed by atoms with van der Waals surface area (Å²) in [6.07, 6.45) is 0.672.